The van der Waals surface area contributed by atoms with E-state index in [2.05, 4.69) is 4.98 Å². The predicted molar refractivity (Wildman–Crippen MR) is 58.7 cm³/mol. The van der Waals surface area contributed by atoms with E-state index < -0.39 is 6.10 Å². The number of rotatable bonds is 3. The molecule has 78 valence electrons. The number of hydrogen-bond donors (Lipinski definition) is 1. The first-order valence-corrected chi connectivity index (χ1v) is 6.24. The lowest BCUT2D eigenvalue weighted by molar-refractivity contribution is 0.144. The summed E-state index contributed by atoms with van der Waals surface area (Å²) in [4.78, 5) is 4.09. The summed E-state index contributed by atoms with van der Waals surface area (Å²) in [7, 11) is 0. The van der Waals surface area contributed by atoms with Gasteiger partial charge >= 0.3 is 0 Å². The maximum atomic E-state index is 9.88. The Kier molecular flexibility index (Phi) is 3.42. The minimum absolute atomic E-state index is 0.407. The molecule has 0 spiro atoms. The number of halogens is 1. The van der Waals surface area contributed by atoms with Crippen LogP contribution in [-0.2, 0) is 0 Å². The number of nitrogens with zero attached hydrogens (tertiary/aromatic N) is 1. The van der Waals surface area contributed by atoms with Crippen LogP contribution in [0.4, 0.5) is 0 Å². The Hall–Kier alpha value is -0.120. The molecule has 14 heavy (non-hydrogen) atoms. The third-order valence-corrected chi connectivity index (χ3v) is 4.03. The quantitative estimate of drug-likeness (QED) is 0.865. The molecule has 1 aliphatic carbocycles. The van der Waals surface area contributed by atoms with Gasteiger partial charge in [-0.15, -0.1) is 11.3 Å². The maximum Gasteiger partial charge on any atom is 0.123 e. The highest BCUT2D eigenvalue weighted by molar-refractivity contribution is 7.15. The maximum absolute atomic E-state index is 9.88. The fourth-order valence-electron chi connectivity index (χ4n) is 2.08. The van der Waals surface area contributed by atoms with Crippen LogP contribution in [0.2, 0.25) is 4.34 Å². The van der Waals surface area contributed by atoms with Crippen molar-refractivity contribution in [1.29, 1.82) is 0 Å². The molecule has 0 saturated heterocycles. The molecule has 1 heterocycles. The van der Waals surface area contributed by atoms with Crippen LogP contribution in [0.1, 0.15) is 43.2 Å². The lowest BCUT2D eigenvalue weighted by atomic mass is 10.0. The zero-order valence-electron chi connectivity index (χ0n) is 7.95. The van der Waals surface area contributed by atoms with Crippen molar-refractivity contribution in [2.24, 2.45) is 5.92 Å². The Morgan fingerprint density at radius 1 is 1.57 bits per heavy atom. The normalized spacial score (nSPS) is 20.1. The largest absolute Gasteiger partial charge is 0.386 e. The molecule has 2 nitrogen and oxygen atoms in total. The van der Waals surface area contributed by atoms with Crippen LogP contribution < -0.4 is 0 Å². The average Bonchev–Trinajstić information content (AvgIpc) is 2.75. The molecule has 1 fully saturated rings. The van der Waals surface area contributed by atoms with Gasteiger partial charge in [-0.05, 0) is 12.3 Å². The summed E-state index contributed by atoms with van der Waals surface area (Å²) in [6.07, 6.45) is 7.21. The first kappa shape index (κ1) is 10.4. The summed E-state index contributed by atoms with van der Waals surface area (Å²) in [6, 6.07) is 0. The molecule has 1 unspecified atom stereocenters. The summed E-state index contributed by atoms with van der Waals surface area (Å²) < 4.78 is 0.658. The van der Waals surface area contributed by atoms with E-state index in [1.807, 2.05) is 0 Å². The number of hydrogen-bond acceptors (Lipinski definition) is 3. The standard InChI is InChI=1S/C10H14ClNOS/c11-9-6-12-10(14-9)8(13)5-7-3-1-2-4-7/h6-8,13H,1-5H2. The second-order valence-corrected chi connectivity index (χ2v) is 5.60. The highest BCUT2D eigenvalue weighted by Crippen LogP contribution is 2.34. The molecule has 0 radical (unpaired) electrons. The first-order chi connectivity index (χ1) is 6.75. The summed E-state index contributed by atoms with van der Waals surface area (Å²) >= 11 is 7.15. The highest BCUT2D eigenvalue weighted by atomic mass is 35.5. The number of aliphatic hydroxyl groups is 1. The minimum Gasteiger partial charge on any atom is -0.386 e. The Morgan fingerprint density at radius 2 is 2.29 bits per heavy atom. The third kappa shape index (κ3) is 2.47. The Bertz CT molecular complexity index is 296. The Labute approximate surface area is 92.9 Å². The third-order valence-electron chi connectivity index (χ3n) is 2.81. The van der Waals surface area contributed by atoms with E-state index in [-0.39, 0.29) is 0 Å². The topological polar surface area (TPSA) is 33.1 Å². The number of aromatic nitrogens is 1. The SMILES string of the molecule is OC(CC1CCCC1)c1ncc(Cl)s1. The van der Waals surface area contributed by atoms with E-state index in [4.69, 9.17) is 11.6 Å². The molecule has 0 amide bonds. The van der Waals surface area contributed by atoms with Gasteiger partial charge in [0.05, 0.1) is 6.20 Å². The summed E-state index contributed by atoms with van der Waals surface area (Å²) in [6.45, 7) is 0. The van der Waals surface area contributed by atoms with Gasteiger partial charge in [-0.25, -0.2) is 4.98 Å². The molecule has 1 saturated carbocycles. The van der Waals surface area contributed by atoms with Crippen molar-refractivity contribution in [3.8, 4) is 0 Å². The van der Waals surface area contributed by atoms with Gasteiger partial charge < -0.3 is 5.11 Å². The monoisotopic (exact) mass is 231 g/mol. The van der Waals surface area contributed by atoms with Crippen molar-refractivity contribution in [3.05, 3.63) is 15.5 Å². The summed E-state index contributed by atoms with van der Waals surface area (Å²) in [5.41, 5.74) is 0. The molecule has 1 atom stereocenters. The molecule has 1 N–H and O–H groups in total. The van der Waals surface area contributed by atoms with Crippen LogP contribution in [0.3, 0.4) is 0 Å². The lowest BCUT2D eigenvalue weighted by Crippen LogP contribution is -2.03. The van der Waals surface area contributed by atoms with Gasteiger partial charge in [-0.3, -0.25) is 0 Å². The molecule has 1 aliphatic rings. The molecule has 0 bridgehead atoms. The minimum atomic E-state index is -0.407. The molecular weight excluding hydrogens is 218 g/mol. The molecule has 1 aromatic heterocycles. The highest BCUT2D eigenvalue weighted by Gasteiger charge is 2.21. The number of aliphatic hydroxyl groups excluding tert-OH is 1. The van der Waals surface area contributed by atoms with Gasteiger partial charge in [-0.2, -0.15) is 0 Å². The van der Waals surface area contributed by atoms with Crippen LogP contribution in [0.5, 0.6) is 0 Å². The van der Waals surface area contributed by atoms with Crippen molar-refractivity contribution in [3.63, 3.8) is 0 Å². The second-order valence-electron chi connectivity index (χ2n) is 3.90. The van der Waals surface area contributed by atoms with E-state index >= 15 is 0 Å². The zero-order valence-corrected chi connectivity index (χ0v) is 9.52. The fourth-order valence-corrected chi connectivity index (χ4v) is 3.01. The van der Waals surface area contributed by atoms with E-state index in [9.17, 15) is 5.11 Å². The van der Waals surface area contributed by atoms with Crippen molar-refractivity contribution in [2.45, 2.75) is 38.2 Å². The summed E-state index contributed by atoms with van der Waals surface area (Å²) in [5.74, 6) is 0.688. The van der Waals surface area contributed by atoms with Gasteiger partial charge in [0.2, 0.25) is 0 Å². The molecule has 0 aromatic carbocycles. The van der Waals surface area contributed by atoms with Gasteiger partial charge in [0.1, 0.15) is 15.4 Å². The van der Waals surface area contributed by atoms with Crippen molar-refractivity contribution in [1.82, 2.24) is 4.98 Å². The molecular formula is C10H14ClNOS. The second kappa shape index (κ2) is 4.60. The van der Waals surface area contributed by atoms with Crippen molar-refractivity contribution >= 4 is 22.9 Å². The van der Waals surface area contributed by atoms with Crippen LogP contribution in [0.25, 0.3) is 0 Å². The smallest absolute Gasteiger partial charge is 0.123 e. The van der Waals surface area contributed by atoms with E-state index in [0.29, 0.717) is 10.3 Å². The molecule has 2 rings (SSSR count). The zero-order chi connectivity index (χ0) is 9.97. The van der Waals surface area contributed by atoms with E-state index in [0.717, 1.165) is 11.4 Å². The molecule has 4 heteroatoms. The average molecular weight is 232 g/mol. The van der Waals surface area contributed by atoms with Crippen molar-refractivity contribution in [2.75, 3.05) is 0 Å². The fraction of sp³-hybridized carbons (Fsp3) is 0.700. The van der Waals surface area contributed by atoms with Crippen LogP contribution >= 0.6 is 22.9 Å². The Balaban J connectivity index is 1.91. The molecule has 1 aromatic rings. The first-order valence-electron chi connectivity index (χ1n) is 5.05. The van der Waals surface area contributed by atoms with Crippen molar-refractivity contribution < 1.29 is 5.11 Å². The van der Waals surface area contributed by atoms with Gasteiger partial charge in [0.25, 0.3) is 0 Å². The van der Waals surface area contributed by atoms with Crippen LogP contribution in [-0.4, -0.2) is 10.1 Å². The van der Waals surface area contributed by atoms with Gasteiger partial charge in [-0.1, -0.05) is 37.3 Å². The van der Waals surface area contributed by atoms with Gasteiger partial charge in [0.15, 0.2) is 0 Å². The summed E-state index contributed by atoms with van der Waals surface area (Å²) in [5, 5.41) is 10.6. The van der Waals surface area contributed by atoms with Gasteiger partial charge in [0, 0.05) is 0 Å². The van der Waals surface area contributed by atoms with Crippen LogP contribution in [0.15, 0.2) is 6.20 Å². The lowest BCUT2D eigenvalue weighted by Gasteiger charge is -2.12. The van der Waals surface area contributed by atoms with E-state index in [1.54, 1.807) is 6.20 Å². The van der Waals surface area contributed by atoms with Crippen LogP contribution in [0, 0.1) is 5.92 Å². The number of thiazole rings is 1. The Morgan fingerprint density at radius 3 is 2.86 bits per heavy atom. The molecule has 0 aliphatic heterocycles. The van der Waals surface area contributed by atoms with E-state index in [1.165, 1.54) is 37.0 Å². The predicted octanol–water partition coefficient (Wildman–Crippen LogP) is 3.41.